The third-order valence-corrected chi connectivity index (χ3v) is 2.06. The summed E-state index contributed by atoms with van der Waals surface area (Å²) in [5.74, 6) is 0.928. The number of hydrogen-bond donors (Lipinski definition) is 1. The van der Waals surface area contributed by atoms with Crippen LogP contribution in [0.15, 0.2) is 24.8 Å². The number of nitrogens with two attached hydrogens (primary N) is 1. The molecular formula is C10H11NO. The molecule has 0 unspecified atom stereocenters. The summed E-state index contributed by atoms with van der Waals surface area (Å²) >= 11 is 0. The van der Waals surface area contributed by atoms with Gasteiger partial charge in [0.25, 0.3) is 0 Å². The summed E-state index contributed by atoms with van der Waals surface area (Å²) in [5.41, 5.74) is 8.80. The first kappa shape index (κ1) is 7.37. The van der Waals surface area contributed by atoms with E-state index in [4.69, 9.17) is 10.5 Å². The summed E-state index contributed by atoms with van der Waals surface area (Å²) in [6.07, 6.45) is 0. The molecule has 0 saturated heterocycles. The van der Waals surface area contributed by atoms with E-state index in [0.717, 1.165) is 22.4 Å². The molecule has 62 valence electrons. The zero-order valence-electron chi connectivity index (χ0n) is 6.84. The molecule has 0 aromatic heterocycles. The molecule has 0 spiro atoms. The van der Waals surface area contributed by atoms with Gasteiger partial charge in [0.05, 0.1) is 0 Å². The van der Waals surface area contributed by atoms with Gasteiger partial charge in [0, 0.05) is 12.1 Å². The smallest absolute Gasteiger partial charge is 0.127 e. The highest BCUT2D eigenvalue weighted by Crippen LogP contribution is 2.32. The van der Waals surface area contributed by atoms with Crippen molar-refractivity contribution in [1.82, 2.24) is 0 Å². The Labute approximate surface area is 71.6 Å². The second-order valence-electron chi connectivity index (χ2n) is 2.93. The summed E-state index contributed by atoms with van der Waals surface area (Å²) < 4.78 is 5.37. The van der Waals surface area contributed by atoms with Crippen molar-refractivity contribution < 1.29 is 4.74 Å². The van der Waals surface area contributed by atoms with Gasteiger partial charge in [-0.2, -0.15) is 0 Å². The van der Waals surface area contributed by atoms with Gasteiger partial charge < -0.3 is 10.5 Å². The molecule has 2 nitrogen and oxygen atoms in total. The average Bonchev–Trinajstić information content (AvgIpc) is 2.47. The van der Waals surface area contributed by atoms with E-state index in [1.165, 1.54) is 0 Å². The summed E-state index contributed by atoms with van der Waals surface area (Å²) in [5, 5.41) is 0. The Morgan fingerprint density at radius 2 is 2.33 bits per heavy atom. The van der Waals surface area contributed by atoms with E-state index >= 15 is 0 Å². The van der Waals surface area contributed by atoms with Gasteiger partial charge in [-0.1, -0.05) is 12.6 Å². The quantitative estimate of drug-likeness (QED) is 0.678. The third kappa shape index (κ3) is 1.01. The molecule has 0 radical (unpaired) electrons. The highest BCUT2D eigenvalue weighted by Gasteiger charge is 2.15. The van der Waals surface area contributed by atoms with Crippen LogP contribution in [0.4, 0.5) is 0 Å². The minimum atomic E-state index is 0.570. The van der Waals surface area contributed by atoms with Gasteiger partial charge in [-0.15, -0.1) is 0 Å². The zero-order valence-corrected chi connectivity index (χ0v) is 6.84. The largest absolute Gasteiger partial charge is 0.488 e. The first-order chi connectivity index (χ1) is 5.81. The number of benzene rings is 1. The van der Waals surface area contributed by atoms with Gasteiger partial charge in [-0.05, 0) is 23.3 Å². The highest BCUT2D eigenvalue weighted by molar-refractivity contribution is 5.73. The Bertz CT molecular complexity index is 331. The predicted molar refractivity (Wildman–Crippen MR) is 48.9 cm³/mol. The van der Waals surface area contributed by atoms with Crippen molar-refractivity contribution in [2.75, 3.05) is 6.61 Å². The first-order valence-electron chi connectivity index (χ1n) is 3.95. The maximum atomic E-state index is 5.52. The van der Waals surface area contributed by atoms with Gasteiger partial charge in [0.1, 0.15) is 12.4 Å². The van der Waals surface area contributed by atoms with E-state index in [0.29, 0.717) is 13.2 Å². The van der Waals surface area contributed by atoms with Crippen molar-refractivity contribution in [3.63, 3.8) is 0 Å². The lowest BCUT2D eigenvalue weighted by Crippen LogP contribution is -1.95. The van der Waals surface area contributed by atoms with Crippen molar-refractivity contribution in [1.29, 1.82) is 0 Å². The Balaban J connectivity index is 2.50. The molecule has 12 heavy (non-hydrogen) atoms. The molecule has 1 aliphatic rings. The molecule has 0 atom stereocenters. The van der Waals surface area contributed by atoms with Gasteiger partial charge in [-0.3, -0.25) is 0 Å². The van der Waals surface area contributed by atoms with E-state index in [1.807, 2.05) is 18.2 Å². The normalized spacial score (nSPS) is 14.2. The van der Waals surface area contributed by atoms with Crippen LogP contribution in [0.3, 0.4) is 0 Å². The Kier molecular flexibility index (Phi) is 1.62. The van der Waals surface area contributed by atoms with Gasteiger partial charge in [0.2, 0.25) is 0 Å². The Morgan fingerprint density at radius 1 is 1.50 bits per heavy atom. The molecule has 0 amide bonds. The van der Waals surface area contributed by atoms with Gasteiger partial charge in [0.15, 0.2) is 0 Å². The van der Waals surface area contributed by atoms with Crippen LogP contribution >= 0.6 is 0 Å². The lowest BCUT2D eigenvalue weighted by atomic mass is 10.1. The number of hydrogen-bond acceptors (Lipinski definition) is 2. The van der Waals surface area contributed by atoms with Crippen LogP contribution < -0.4 is 10.5 Å². The van der Waals surface area contributed by atoms with E-state index in [9.17, 15) is 0 Å². The number of rotatable bonds is 1. The van der Waals surface area contributed by atoms with E-state index in [-0.39, 0.29) is 0 Å². The summed E-state index contributed by atoms with van der Waals surface area (Å²) in [4.78, 5) is 0. The van der Waals surface area contributed by atoms with Crippen molar-refractivity contribution in [3.05, 3.63) is 35.9 Å². The molecule has 1 heterocycles. The molecule has 0 saturated carbocycles. The van der Waals surface area contributed by atoms with Crippen LogP contribution in [-0.2, 0) is 6.54 Å². The van der Waals surface area contributed by atoms with E-state index < -0.39 is 0 Å². The van der Waals surface area contributed by atoms with Crippen LogP contribution in [-0.4, -0.2) is 6.61 Å². The second-order valence-corrected chi connectivity index (χ2v) is 2.93. The predicted octanol–water partition coefficient (Wildman–Crippen LogP) is 1.55. The molecule has 1 aliphatic heterocycles. The summed E-state index contributed by atoms with van der Waals surface area (Å²) in [6.45, 7) is 5.09. The minimum absolute atomic E-state index is 0.570. The fourth-order valence-electron chi connectivity index (χ4n) is 1.35. The topological polar surface area (TPSA) is 35.2 Å². The van der Waals surface area contributed by atoms with Crippen LogP contribution in [0.1, 0.15) is 11.1 Å². The number of fused-ring (bicyclic) bond motifs is 1. The molecule has 1 aromatic carbocycles. The minimum Gasteiger partial charge on any atom is -0.488 e. The van der Waals surface area contributed by atoms with Crippen LogP contribution in [0.5, 0.6) is 5.75 Å². The van der Waals surface area contributed by atoms with Gasteiger partial charge >= 0.3 is 0 Å². The van der Waals surface area contributed by atoms with Crippen molar-refractivity contribution in [2.24, 2.45) is 5.73 Å². The fourth-order valence-corrected chi connectivity index (χ4v) is 1.35. The standard InChI is InChI=1S/C10H11NO/c1-7-6-12-10-3-2-8(5-11)4-9(7)10/h2-4H,1,5-6,11H2. The Hall–Kier alpha value is -1.28. The maximum absolute atomic E-state index is 5.52. The highest BCUT2D eigenvalue weighted by atomic mass is 16.5. The molecular weight excluding hydrogens is 150 g/mol. The van der Waals surface area contributed by atoms with E-state index in [2.05, 4.69) is 6.58 Å². The average molecular weight is 161 g/mol. The summed E-state index contributed by atoms with van der Waals surface area (Å²) in [7, 11) is 0. The van der Waals surface area contributed by atoms with Crippen LogP contribution in [0, 0.1) is 0 Å². The zero-order chi connectivity index (χ0) is 8.55. The van der Waals surface area contributed by atoms with Crippen molar-refractivity contribution in [2.45, 2.75) is 6.54 Å². The van der Waals surface area contributed by atoms with Gasteiger partial charge in [-0.25, -0.2) is 0 Å². The monoisotopic (exact) mass is 161 g/mol. The second kappa shape index (κ2) is 2.64. The molecule has 0 aliphatic carbocycles. The number of ether oxygens (including phenoxy) is 1. The lowest BCUT2D eigenvalue weighted by molar-refractivity contribution is 0.388. The SMILES string of the molecule is C=C1COc2ccc(CN)cc21. The molecule has 2 rings (SSSR count). The third-order valence-electron chi connectivity index (χ3n) is 2.06. The lowest BCUT2D eigenvalue weighted by Gasteiger charge is -2.00. The fraction of sp³-hybridized carbons (Fsp3) is 0.200. The molecule has 0 fully saturated rings. The summed E-state index contributed by atoms with van der Waals surface area (Å²) in [6, 6.07) is 5.98. The van der Waals surface area contributed by atoms with Crippen molar-refractivity contribution in [3.8, 4) is 5.75 Å². The molecule has 2 heteroatoms. The molecule has 1 aromatic rings. The molecule has 2 N–H and O–H groups in total. The Morgan fingerprint density at radius 3 is 3.08 bits per heavy atom. The van der Waals surface area contributed by atoms with Crippen LogP contribution in [0.2, 0.25) is 0 Å². The van der Waals surface area contributed by atoms with Crippen molar-refractivity contribution >= 4 is 5.57 Å². The maximum Gasteiger partial charge on any atom is 0.127 e. The van der Waals surface area contributed by atoms with E-state index in [1.54, 1.807) is 0 Å². The van der Waals surface area contributed by atoms with Crippen LogP contribution in [0.25, 0.3) is 5.57 Å². The molecule has 0 bridgehead atoms. The first-order valence-corrected chi connectivity index (χ1v) is 3.95.